The van der Waals surface area contributed by atoms with Crippen LogP contribution in [0.1, 0.15) is 69.1 Å². The topological polar surface area (TPSA) is 79.0 Å². The molecule has 7 nitrogen and oxygen atoms in total. The summed E-state index contributed by atoms with van der Waals surface area (Å²) in [6.07, 6.45) is 3.80. The summed E-state index contributed by atoms with van der Waals surface area (Å²) >= 11 is 0. The van der Waals surface area contributed by atoms with Gasteiger partial charge in [0.25, 0.3) is 0 Å². The van der Waals surface area contributed by atoms with Crippen molar-refractivity contribution in [3.8, 4) is 0 Å². The summed E-state index contributed by atoms with van der Waals surface area (Å²) in [6, 6.07) is 6.39. The first-order valence-corrected chi connectivity index (χ1v) is 11.8. The van der Waals surface area contributed by atoms with Crippen molar-refractivity contribution in [2.45, 2.75) is 70.9 Å². The Hall–Kier alpha value is -2.41. The average Bonchev–Trinajstić information content (AvgIpc) is 2.72. The van der Waals surface area contributed by atoms with Crippen LogP contribution in [0.4, 0.5) is 4.79 Å². The maximum absolute atomic E-state index is 12.3. The molecule has 0 bridgehead atoms. The van der Waals surface area contributed by atoms with Gasteiger partial charge in [0, 0.05) is 39.1 Å². The van der Waals surface area contributed by atoms with E-state index in [2.05, 4.69) is 28.4 Å². The van der Waals surface area contributed by atoms with Gasteiger partial charge in [0.1, 0.15) is 5.60 Å². The van der Waals surface area contributed by atoms with E-state index in [1.54, 1.807) is 0 Å². The molecule has 1 unspecified atom stereocenters. The van der Waals surface area contributed by atoms with Crippen molar-refractivity contribution in [3.63, 3.8) is 0 Å². The number of imide groups is 1. The van der Waals surface area contributed by atoms with Crippen LogP contribution in [0.25, 0.3) is 0 Å². The number of piperidine rings is 2. The number of fused-ring (bicyclic) bond motifs is 1. The van der Waals surface area contributed by atoms with Crippen molar-refractivity contribution in [1.82, 2.24) is 15.1 Å². The molecule has 2 fully saturated rings. The van der Waals surface area contributed by atoms with Crippen molar-refractivity contribution in [1.29, 1.82) is 0 Å². The Morgan fingerprint density at radius 1 is 1.06 bits per heavy atom. The molecule has 3 aliphatic rings. The Morgan fingerprint density at radius 3 is 2.50 bits per heavy atom. The molecule has 0 radical (unpaired) electrons. The van der Waals surface area contributed by atoms with Crippen LogP contribution >= 0.6 is 0 Å². The summed E-state index contributed by atoms with van der Waals surface area (Å²) in [6.45, 7) is 10.2. The molecule has 3 amide bonds. The number of carbonyl (C=O) groups is 3. The lowest BCUT2D eigenvalue weighted by molar-refractivity contribution is -0.134. The van der Waals surface area contributed by atoms with Crippen molar-refractivity contribution in [2.75, 3.05) is 26.2 Å². The molecule has 0 aromatic heterocycles. The zero-order chi connectivity index (χ0) is 22.9. The van der Waals surface area contributed by atoms with E-state index in [-0.39, 0.29) is 23.8 Å². The molecule has 0 aliphatic carbocycles. The predicted octanol–water partition coefficient (Wildman–Crippen LogP) is 3.21. The van der Waals surface area contributed by atoms with Crippen LogP contribution in [0.5, 0.6) is 0 Å². The van der Waals surface area contributed by atoms with Gasteiger partial charge in [-0.15, -0.1) is 0 Å². The van der Waals surface area contributed by atoms with E-state index in [0.29, 0.717) is 18.8 Å². The maximum atomic E-state index is 12.3. The highest BCUT2D eigenvalue weighted by atomic mass is 16.6. The minimum atomic E-state index is -0.457. The van der Waals surface area contributed by atoms with Crippen molar-refractivity contribution >= 4 is 17.9 Å². The zero-order valence-electron chi connectivity index (χ0n) is 19.5. The fourth-order valence-electron chi connectivity index (χ4n) is 5.01. The third-order valence-corrected chi connectivity index (χ3v) is 6.75. The highest BCUT2D eigenvalue weighted by Gasteiger charge is 2.30. The molecule has 1 atom stereocenters. The van der Waals surface area contributed by atoms with E-state index in [0.717, 1.165) is 57.5 Å². The number of rotatable bonds is 3. The Kier molecular flexibility index (Phi) is 6.56. The van der Waals surface area contributed by atoms with Crippen LogP contribution < -0.4 is 5.32 Å². The van der Waals surface area contributed by atoms with Gasteiger partial charge < -0.3 is 9.64 Å². The molecule has 0 saturated carbocycles. The van der Waals surface area contributed by atoms with E-state index >= 15 is 0 Å². The number of nitrogens with zero attached hydrogens (tertiary/aromatic N) is 2. The number of hydrogen-bond donors (Lipinski definition) is 1. The van der Waals surface area contributed by atoms with E-state index < -0.39 is 5.60 Å². The molecule has 4 rings (SSSR count). The monoisotopic (exact) mass is 441 g/mol. The summed E-state index contributed by atoms with van der Waals surface area (Å²) in [5.74, 6) is -0.00201. The van der Waals surface area contributed by atoms with Crippen molar-refractivity contribution in [3.05, 3.63) is 34.9 Å². The number of carbonyl (C=O) groups excluding carboxylic acids is 3. The van der Waals surface area contributed by atoms with Gasteiger partial charge in [0.15, 0.2) is 0 Å². The van der Waals surface area contributed by atoms with Gasteiger partial charge in [-0.2, -0.15) is 0 Å². The quantitative estimate of drug-likeness (QED) is 0.729. The van der Waals surface area contributed by atoms with Crippen LogP contribution in [0.15, 0.2) is 18.2 Å². The van der Waals surface area contributed by atoms with Gasteiger partial charge in [0.2, 0.25) is 11.8 Å². The summed E-state index contributed by atoms with van der Waals surface area (Å²) in [7, 11) is 0. The molecular weight excluding hydrogens is 406 g/mol. The second-order valence-corrected chi connectivity index (χ2v) is 10.4. The van der Waals surface area contributed by atoms with Crippen LogP contribution in [0.2, 0.25) is 0 Å². The lowest BCUT2D eigenvalue weighted by atomic mass is 9.87. The van der Waals surface area contributed by atoms with Crippen LogP contribution in [0, 0.1) is 5.92 Å². The number of hydrogen-bond acceptors (Lipinski definition) is 5. The third-order valence-electron chi connectivity index (χ3n) is 6.75. The molecular formula is C25H35N3O4. The molecule has 1 N–H and O–H groups in total. The number of benzene rings is 1. The number of nitrogens with one attached hydrogen (secondary N) is 1. The predicted molar refractivity (Wildman–Crippen MR) is 121 cm³/mol. The van der Waals surface area contributed by atoms with Gasteiger partial charge >= 0.3 is 6.09 Å². The lowest BCUT2D eigenvalue weighted by Crippen LogP contribution is -2.44. The third kappa shape index (κ3) is 5.49. The Morgan fingerprint density at radius 2 is 1.81 bits per heavy atom. The minimum Gasteiger partial charge on any atom is -0.444 e. The van der Waals surface area contributed by atoms with Crippen LogP contribution in [-0.2, 0) is 27.3 Å². The highest BCUT2D eigenvalue weighted by Crippen LogP contribution is 2.30. The summed E-state index contributed by atoms with van der Waals surface area (Å²) in [4.78, 5) is 40.4. The highest BCUT2D eigenvalue weighted by molar-refractivity contribution is 6.00. The van der Waals surface area contributed by atoms with Gasteiger partial charge in [-0.25, -0.2) is 4.79 Å². The molecule has 7 heteroatoms. The fourth-order valence-corrected chi connectivity index (χ4v) is 5.01. The van der Waals surface area contributed by atoms with Crippen molar-refractivity contribution in [2.24, 2.45) is 5.92 Å². The second-order valence-electron chi connectivity index (χ2n) is 10.4. The largest absolute Gasteiger partial charge is 0.444 e. The van der Waals surface area contributed by atoms with E-state index in [9.17, 15) is 14.4 Å². The smallest absolute Gasteiger partial charge is 0.410 e. The Labute approximate surface area is 190 Å². The summed E-state index contributed by atoms with van der Waals surface area (Å²) < 4.78 is 5.51. The van der Waals surface area contributed by atoms with E-state index in [4.69, 9.17) is 4.74 Å². The maximum Gasteiger partial charge on any atom is 0.410 e. The molecule has 3 aliphatic heterocycles. The van der Waals surface area contributed by atoms with Crippen molar-refractivity contribution < 1.29 is 19.1 Å². The van der Waals surface area contributed by atoms with E-state index in [1.165, 1.54) is 11.1 Å². The molecule has 174 valence electrons. The zero-order valence-corrected chi connectivity index (χ0v) is 19.5. The molecule has 32 heavy (non-hydrogen) atoms. The normalized spacial score (nSPS) is 23.0. The first kappa shape index (κ1) is 22.8. The number of likely N-dealkylation sites (tertiary alicyclic amines) is 1. The average molecular weight is 442 g/mol. The first-order chi connectivity index (χ1) is 15.2. The van der Waals surface area contributed by atoms with Crippen LogP contribution in [-0.4, -0.2) is 59.5 Å². The lowest BCUT2D eigenvalue weighted by Gasteiger charge is -2.37. The Balaban J connectivity index is 1.31. The van der Waals surface area contributed by atoms with Gasteiger partial charge in [0.05, 0.1) is 5.92 Å². The second kappa shape index (κ2) is 9.22. The summed E-state index contributed by atoms with van der Waals surface area (Å²) in [5.41, 5.74) is 3.21. The first-order valence-electron chi connectivity index (χ1n) is 11.8. The molecule has 1 aromatic rings. The van der Waals surface area contributed by atoms with Gasteiger partial charge in [-0.1, -0.05) is 18.2 Å². The van der Waals surface area contributed by atoms with Crippen LogP contribution in [0.3, 0.4) is 0 Å². The molecule has 3 heterocycles. The van der Waals surface area contributed by atoms with E-state index in [1.807, 2.05) is 25.7 Å². The fraction of sp³-hybridized carbons (Fsp3) is 0.640. The number of amides is 3. The molecule has 1 aromatic carbocycles. The molecule has 2 saturated heterocycles. The molecule has 0 spiro atoms. The SMILES string of the molecule is CC(C)(C)OC(=O)N1CCC(CN2CCc3ccc(C4CCC(=O)NC4=O)cc3C2)CC1. The number of ether oxygens (including phenoxy) is 1. The van der Waals surface area contributed by atoms with Gasteiger partial charge in [-0.05, 0) is 69.1 Å². The standard InChI is InChI=1S/C25H35N3O4/c1-25(2,3)32-24(31)28-12-8-17(9-13-28)15-27-11-10-18-4-5-19(14-20(18)16-27)21-6-7-22(29)26-23(21)30/h4-5,14,17,21H,6-13,15-16H2,1-3H3,(H,26,29,30). The summed E-state index contributed by atoms with van der Waals surface area (Å²) in [5, 5.41) is 2.47. The Bertz CT molecular complexity index is 884. The van der Waals surface area contributed by atoms with Gasteiger partial charge in [-0.3, -0.25) is 19.8 Å². The minimum absolute atomic E-state index is 0.173.